The van der Waals surface area contributed by atoms with Crippen molar-refractivity contribution in [2.24, 2.45) is 0 Å². The highest BCUT2D eigenvalue weighted by atomic mass is 35.5. The molecular formula is C26H20ClF4N3O2. The zero-order chi connectivity index (χ0) is 25.7. The number of carbonyl (C=O) groups excluding carboxylic acids is 1. The summed E-state index contributed by atoms with van der Waals surface area (Å²) in [5.74, 6) is -1.01. The van der Waals surface area contributed by atoms with Crippen molar-refractivity contribution in [2.75, 3.05) is 0 Å². The minimum atomic E-state index is -4.81. The van der Waals surface area contributed by atoms with Crippen LogP contribution in [0.3, 0.4) is 0 Å². The minimum absolute atomic E-state index is 0.151. The molecule has 0 radical (unpaired) electrons. The number of aromatic nitrogens is 2. The van der Waals surface area contributed by atoms with E-state index in [9.17, 15) is 22.4 Å². The average molecular weight is 518 g/mol. The van der Waals surface area contributed by atoms with Gasteiger partial charge in [-0.3, -0.25) is 4.79 Å². The van der Waals surface area contributed by atoms with Gasteiger partial charge >= 0.3 is 6.36 Å². The Hall–Kier alpha value is -3.85. The van der Waals surface area contributed by atoms with Gasteiger partial charge < -0.3 is 10.1 Å². The summed E-state index contributed by atoms with van der Waals surface area (Å²) in [6.45, 7) is 0.328. The largest absolute Gasteiger partial charge is 0.573 e. The monoisotopic (exact) mass is 517 g/mol. The highest BCUT2D eigenvalue weighted by Crippen LogP contribution is 2.28. The number of rotatable bonds is 8. The molecule has 0 saturated heterocycles. The smallest absolute Gasteiger partial charge is 0.406 e. The molecule has 0 unspecified atom stereocenters. The molecule has 1 N–H and O–H groups in total. The Morgan fingerprint density at radius 2 is 1.75 bits per heavy atom. The molecule has 0 aliphatic heterocycles. The summed E-state index contributed by atoms with van der Waals surface area (Å²) in [4.78, 5) is 12.4. The fourth-order valence-electron chi connectivity index (χ4n) is 3.57. The van der Waals surface area contributed by atoms with Crippen molar-refractivity contribution >= 4 is 17.5 Å². The predicted molar refractivity (Wildman–Crippen MR) is 127 cm³/mol. The van der Waals surface area contributed by atoms with Gasteiger partial charge in [-0.05, 0) is 60.2 Å². The van der Waals surface area contributed by atoms with E-state index in [1.54, 1.807) is 36.4 Å². The third-order valence-electron chi connectivity index (χ3n) is 5.18. The van der Waals surface area contributed by atoms with Crippen molar-refractivity contribution in [1.29, 1.82) is 0 Å². The third-order valence-corrected chi connectivity index (χ3v) is 5.42. The maximum atomic E-state index is 13.9. The van der Waals surface area contributed by atoms with Crippen molar-refractivity contribution in [3.63, 3.8) is 0 Å². The van der Waals surface area contributed by atoms with Crippen LogP contribution in [-0.2, 0) is 17.8 Å². The van der Waals surface area contributed by atoms with Crippen LogP contribution in [0.15, 0.2) is 78.9 Å². The molecule has 0 aliphatic rings. The van der Waals surface area contributed by atoms with Gasteiger partial charge in [0.25, 0.3) is 0 Å². The summed E-state index contributed by atoms with van der Waals surface area (Å²) in [5, 5.41) is 7.93. The molecule has 186 valence electrons. The molecule has 0 bridgehead atoms. The minimum Gasteiger partial charge on any atom is -0.406 e. The molecule has 4 rings (SSSR count). The van der Waals surface area contributed by atoms with Crippen LogP contribution in [0.4, 0.5) is 17.6 Å². The predicted octanol–water partition coefficient (Wildman–Crippen LogP) is 6.48. The molecule has 0 saturated carbocycles. The number of nitrogens with one attached hydrogen (secondary N) is 1. The summed E-state index contributed by atoms with van der Waals surface area (Å²) in [7, 11) is 0. The molecule has 4 aromatic rings. The van der Waals surface area contributed by atoms with Gasteiger partial charge in [-0.15, -0.1) is 13.2 Å². The van der Waals surface area contributed by atoms with Crippen LogP contribution >= 0.6 is 11.6 Å². The Balaban J connectivity index is 1.52. The number of halogens is 5. The van der Waals surface area contributed by atoms with Gasteiger partial charge in [-0.25, -0.2) is 9.07 Å². The fraction of sp³-hybridized carbons (Fsp3) is 0.154. The number of hydrogen-bond donors (Lipinski definition) is 1. The fourth-order valence-corrected chi connectivity index (χ4v) is 3.78. The van der Waals surface area contributed by atoms with E-state index in [2.05, 4.69) is 15.2 Å². The van der Waals surface area contributed by atoms with E-state index < -0.39 is 12.2 Å². The lowest BCUT2D eigenvalue weighted by atomic mass is 10.1. The van der Waals surface area contributed by atoms with Crippen molar-refractivity contribution in [3.05, 3.63) is 101 Å². The van der Waals surface area contributed by atoms with E-state index in [1.165, 1.54) is 41.1 Å². The second-order valence-electron chi connectivity index (χ2n) is 7.89. The quantitative estimate of drug-likeness (QED) is 0.272. The zero-order valence-corrected chi connectivity index (χ0v) is 19.5. The molecule has 0 fully saturated rings. The maximum absolute atomic E-state index is 13.9. The molecule has 1 aromatic heterocycles. The topological polar surface area (TPSA) is 56.2 Å². The number of nitrogens with zero attached hydrogens (tertiary/aromatic N) is 2. The Bertz CT molecular complexity index is 1350. The number of carbonyl (C=O) groups is 1. The van der Waals surface area contributed by atoms with E-state index in [1.807, 2.05) is 6.07 Å². The highest BCUT2D eigenvalue weighted by molar-refractivity contribution is 6.30. The van der Waals surface area contributed by atoms with Gasteiger partial charge in [-0.1, -0.05) is 35.9 Å². The second-order valence-corrected chi connectivity index (χ2v) is 8.33. The molecule has 1 heterocycles. The second kappa shape index (κ2) is 10.8. The lowest BCUT2D eigenvalue weighted by Crippen LogP contribution is -2.23. The van der Waals surface area contributed by atoms with Gasteiger partial charge in [0.15, 0.2) is 0 Å². The van der Waals surface area contributed by atoms with E-state index in [4.69, 9.17) is 11.6 Å². The summed E-state index contributed by atoms with van der Waals surface area (Å²) >= 11 is 5.96. The molecule has 1 amide bonds. The summed E-state index contributed by atoms with van der Waals surface area (Å²) in [6.07, 6.45) is -4.36. The molecule has 3 aromatic carbocycles. The molecule has 36 heavy (non-hydrogen) atoms. The van der Waals surface area contributed by atoms with Crippen LogP contribution < -0.4 is 10.1 Å². The lowest BCUT2D eigenvalue weighted by molar-refractivity contribution is -0.274. The molecule has 0 aliphatic carbocycles. The maximum Gasteiger partial charge on any atom is 0.573 e. The number of benzene rings is 3. The summed E-state index contributed by atoms with van der Waals surface area (Å²) < 4.78 is 56.8. The van der Waals surface area contributed by atoms with Gasteiger partial charge in [0.2, 0.25) is 5.91 Å². The van der Waals surface area contributed by atoms with Crippen LogP contribution in [-0.4, -0.2) is 22.1 Å². The lowest BCUT2D eigenvalue weighted by Gasteiger charge is -2.11. The standard InChI is InChI=1S/C26H20ClF4N3O2/c27-19-5-1-3-17(13-19)16-32-25(35)12-7-21-15-24(18-4-2-6-20(28)14-18)34(33-21)22-8-10-23(11-9-22)36-26(29,30)31/h1-6,8-11,13-15H,7,12,16H2,(H,32,35). The van der Waals surface area contributed by atoms with Crippen molar-refractivity contribution in [2.45, 2.75) is 25.7 Å². The summed E-state index contributed by atoms with van der Waals surface area (Å²) in [5.41, 5.74) is 2.91. The van der Waals surface area contributed by atoms with Crippen molar-refractivity contribution in [1.82, 2.24) is 15.1 Å². The Labute approximate surface area is 209 Å². The van der Waals surface area contributed by atoms with E-state index in [-0.39, 0.29) is 18.1 Å². The van der Waals surface area contributed by atoms with Gasteiger partial charge in [-0.2, -0.15) is 5.10 Å². The number of hydrogen-bond acceptors (Lipinski definition) is 3. The number of alkyl halides is 3. The number of aryl methyl sites for hydroxylation is 1. The van der Waals surface area contributed by atoms with Crippen LogP contribution in [0.5, 0.6) is 5.75 Å². The zero-order valence-electron chi connectivity index (χ0n) is 18.7. The number of amides is 1. The molecule has 5 nitrogen and oxygen atoms in total. The van der Waals surface area contributed by atoms with Crippen LogP contribution in [0.25, 0.3) is 16.9 Å². The van der Waals surface area contributed by atoms with Gasteiger partial charge in [0, 0.05) is 30.0 Å². The molecule has 0 spiro atoms. The van der Waals surface area contributed by atoms with E-state index in [0.717, 1.165) is 5.56 Å². The van der Waals surface area contributed by atoms with Gasteiger partial charge in [0.1, 0.15) is 11.6 Å². The third kappa shape index (κ3) is 6.85. The Morgan fingerprint density at radius 3 is 2.44 bits per heavy atom. The van der Waals surface area contributed by atoms with Crippen LogP contribution in [0, 0.1) is 5.82 Å². The highest BCUT2D eigenvalue weighted by Gasteiger charge is 2.31. The van der Waals surface area contributed by atoms with Crippen molar-refractivity contribution in [3.8, 4) is 22.7 Å². The first-order valence-corrected chi connectivity index (χ1v) is 11.3. The van der Waals surface area contributed by atoms with Crippen LogP contribution in [0.2, 0.25) is 5.02 Å². The Morgan fingerprint density at radius 1 is 1.00 bits per heavy atom. The van der Waals surface area contributed by atoms with Crippen LogP contribution in [0.1, 0.15) is 17.7 Å². The summed E-state index contributed by atoms with van der Waals surface area (Å²) in [6, 6.07) is 19.9. The first-order valence-electron chi connectivity index (χ1n) is 10.9. The van der Waals surface area contributed by atoms with Crippen molar-refractivity contribution < 1.29 is 27.1 Å². The first-order chi connectivity index (χ1) is 17.2. The Kier molecular flexibility index (Phi) is 7.59. The normalized spacial score (nSPS) is 11.4. The van der Waals surface area contributed by atoms with Gasteiger partial charge in [0.05, 0.1) is 17.1 Å². The van der Waals surface area contributed by atoms with E-state index >= 15 is 0 Å². The SMILES string of the molecule is O=C(CCc1cc(-c2cccc(F)c2)n(-c2ccc(OC(F)(F)F)cc2)n1)NCc1cccc(Cl)c1. The van der Waals surface area contributed by atoms with E-state index in [0.29, 0.717) is 40.6 Å². The average Bonchev–Trinajstić information content (AvgIpc) is 3.25. The number of ether oxygens (including phenoxy) is 1. The molecule has 0 atom stereocenters. The first kappa shape index (κ1) is 25.2. The molecule has 10 heteroatoms. The molecular weight excluding hydrogens is 498 g/mol.